The number of anilines is 1. The van der Waals surface area contributed by atoms with Crippen LogP contribution in [0.3, 0.4) is 0 Å². The van der Waals surface area contributed by atoms with Crippen molar-refractivity contribution >= 4 is 74.1 Å². The summed E-state index contributed by atoms with van der Waals surface area (Å²) in [5.74, 6) is -1.72. The predicted molar refractivity (Wildman–Crippen MR) is 219 cm³/mol. The second kappa shape index (κ2) is 18.0. The monoisotopic (exact) mass is 962 g/mol. The van der Waals surface area contributed by atoms with Crippen LogP contribution in [0.5, 0.6) is 0 Å². The molecule has 0 saturated heterocycles. The third-order valence-electron chi connectivity index (χ3n) is 9.47. The molecule has 0 amide bonds. The molecular formula is C33H14N12O24. The lowest BCUT2D eigenvalue weighted by molar-refractivity contribution is -0.493. The lowest BCUT2D eigenvalue weighted by Crippen LogP contribution is -2.26. The highest BCUT2D eigenvalue weighted by Gasteiger charge is 2.43. The summed E-state index contributed by atoms with van der Waals surface area (Å²) >= 11 is 0. The van der Waals surface area contributed by atoms with Gasteiger partial charge < -0.3 is 0 Å². The van der Waals surface area contributed by atoms with Crippen LogP contribution in [0.2, 0.25) is 0 Å². The van der Waals surface area contributed by atoms with Crippen molar-refractivity contribution in [2.45, 2.75) is 0 Å². The van der Waals surface area contributed by atoms with Gasteiger partial charge in [-0.3, -0.25) is 111 Å². The standard InChI is InChI=1S/C13H4N4O9.C13H5N3O7.C7H5N5O8/c18-13-7-1-5(14(19)20)3-9(16(23)24)11(7)12-8(13)2-6(15(21)22)4-10(12)17(25)26;17-13-9-3-6(14(18)19)1-2-8(9)12-10(13)4-7(15(20)21)5-11(12)16(22)23;1-8(12(19)20)7-5(10(15)16)2-4(9(13)14)3-6(7)11(17)18/h1-4H;1-5H;2-3H,1H3. The Morgan fingerprint density at radius 2 is 0.594 bits per heavy atom. The number of non-ortho nitro benzene ring substituents is 5. The maximum atomic E-state index is 12.5. The van der Waals surface area contributed by atoms with Gasteiger partial charge in [0.1, 0.15) is 0 Å². The predicted octanol–water partition coefficient (Wildman–Crippen LogP) is 6.19. The van der Waals surface area contributed by atoms with Gasteiger partial charge in [-0.2, -0.15) is 0 Å². The summed E-state index contributed by atoms with van der Waals surface area (Å²) < 4.78 is 0. The van der Waals surface area contributed by atoms with Crippen molar-refractivity contribution in [3.05, 3.63) is 200 Å². The van der Waals surface area contributed by atoms with E-state index in [2.05, 4.69) is 0 Å². The van der Waals surface area contributed by atoms with E-state index in [1.165, 1.54) is 6.07 Å². The van der Waals surface area contributed by atoms with Crippen LogP contribution in [0, 0.1) is 111 Å². The second-order valence-electron chi connectivity index (χ2n) is 13.2. The van der Waals surface area contributed by atoms with E-state index >= 15 is 0 Å². The van der Waals surface area contributed by atoms with Gasteiger partial charge in [-0.25, -0.2) is 10.1 Å². The van der Waals surface area contributed by atoms with E-state index in [1.807, 2.05) is 0 Å². The van der Waals surface area contributed by atoms with Crippen molar-refractivity contribution in [3.63, 3.8) is 0 Å². The Morgan fingerprint density at radius 1 is 0.319 bits per heavy atom. The zero-order chi connectivity index (χ0) is 51.8. The Morgan fingerprint density at radius 3 is 0.913 bits per heavy atom. The van der Waals surface area contributed by atoms with Crippen LogP contribution in [0.25, 0.3) is 22.3 Å². The number of nitro groups is 11. The summed E-state index contributed by atoms with van der Waals surface area (Å²) in [6.07, 6.45) is 0. The molecule has 0 heterocycles. The number of ketones is 2. The van der Waals surface area contributed by atoms with Crippen LogP contribution in [0.4, 0.5) is 62.6 Å². The zero-order valence-electron chi connectivity index (χ0n) is 33.0. The summed E-state index contributed by atoms with van der Waals surface area (Å²) in [5.41, 5.74) is -11.0. The first kappa shape index (κ1) is 48.7. The van der Waals surface area contributed by atoms with Crippen LogP contribution in [0.15, 0.2) is 66.7 Å². The van der Waals surface area contributed by atoms with Gasteiger partial charge in [-0.1, -0.05) is 5.01 Å². The Labute approximate surface area is 372 Å². The van der Waals surface area contributed by atoms with Gasteiger partial charge in [0.2, 0.25) is 0 Å². The molecule has 5 aromatic rings. The molecule has 0 radical (unpaired) electrons. The van der Waals surface area contributed by atoms with Crippen LogP contribution in [0.1, 0.15) is 31.8 Å². The number of nitrogens with zero attached hydrogens (tertiary/aromatic N) is 12. The molecule has 69 heavy (non-hydrogen) atoms. The Balaban J connectivity index is 0.000000195. The molecule has 0 aliphatic heterocycles. The minimum Gasteiger partial charge on any atom is -0.289 e. The van der Waals surface area contributed by atoms with Crippen molar-refractivity contribution in [2.75, 3.05) is 12.1 Å². The first-order valence-corrected chi connectivity index (χ1v) is 17.4. The molecule has 36 nitrogen and oxygen atoms in total. The van der Waals surface area contributed by atoms with Gasteiger partial charge >= 0.3 is 11.4 Å². The molecular weight excluding hydrogens is 948 g/mol. The number of nitro benzene ring substituents is 10. The van der Waals surface area contributed by atoms with E-state index in [4.69, 9.17) is 0 Å². The second-order valence-corrected chi connectivity index (χ2v) is 13.2. The molecule has 2 aliphatic rings. The summed E-state index contributed by atoms with van der Waals surface area (Å²) in [6, 6.07) is 8.55. The lowest BCUT2D eigenvalue weighted by Gasteiger charge is -2.08. The lowest BCUT2D eigenvalue weighted by atomic mass is 10.0. The molecule has 0 aromatic heterocycles. The van der Waals surface area contributed by atoms with E-state index < -0.39 is 145 Å². The number of carbonyl (C=O) groups is 2. The molecule has 0 N–H and O–H groups in total. The molecule has 0 spiro atoms. The summed E-state index contributed by atoms with van der Waals surface area (Å²) in [5, 5.41) is 119. The molecule has 0 atom stereocenters. The third-order valence-corrected chi connectivity index (χ3v) is 9.47. The highest BCUT2D eigenvalue weighted by atomic mass is 16.7. The van der Waals surface area contributed by atoms with Gasteiger partial charge in [0.25, 0.3) is 51.2 Å². The number of benzene rings is 5. The van der Waals surface area contributed by atoms with Crippen molar-refractivity contribution in [1.82, 2.24) is 0 Å². The Bertz CT molecular complexity index is 3200. The van der Waals surface area contributed by atoms with Crippen molar-refractivity contribution in [3.8, 4) is 22.3 Å². The number of fused-ring (bicyclic) bond motifs is 6. The molecule has 2 aliphatic carbocycles. The molecule has 7 rings (SSSR count). The summed E-state index contributed by atoms with van der Waals surface area (Å²) in [4.78, 5) is 135. The van der Waals surface area contributed by atoms with Crippen molar-refractivity contribution in [1.29, 1.82) is 0 Å². The average molecular weight is 963 g/mol. The molecule has 0 fully saturated rings. The maximum absolute atomic E-state index is 12.5. The maximum Gasteiger partial charge on any atom is 0.312 e. The Kier molecular flexibility index (Phi) is 12.7. The molecule has 5 aromatic carbocycles. The SMILES string of the molecule is CN(c1c([N+](=O)[O-])cc([N+](=O)[O-])cc1[N+](=O)[O-])[N+](=O)[O-].O=C1c2cc([N+](=O)[O-])cc([N+](=O)[O-])c2-c2c1cc([N+](=O)[O-])cc2[N+](=O)[O-].O=C1c2cc([N+](=O)[O-])ccc2-c2c1cc([N+](=O)[O-])cc2[N+](=O)[O-]. The van der Waals surface area contributed by atoms with E-state index in [0.717, 1.165) is 43.4 Å². The minimum absolute atomic E-state index is 0.0555. The third kappa shape index (κ3) is 8.93. The topological polar surface area (TPSA) is 512 Å². The molecule has 0 unspecified atom stereocenters. The minimum atomic E-state index is -1.17. The number of rotatable bonds is 12. The number of carbonyl (C=O) groups excluding carboxylic acids is 2. The fourth-order valence-corrected chi connectivity index (χ4v) is 6.66. The summed E-state index contributed by atoms with van der Waals surface area (Å²) in [7, 11) is 0.751. The zero-order valence-corrected chi connectivity index (χ0v) is 33.0. The molecule has 350 valence electrons. The van der Waals surface area contributed by atoms with E-state index in [1.54, 1.807) is 0 Å². The highest BCUT2D eigenvalue weighted by molar-refractivity contribution is 6.25. The molecule has 0 bridgehead atoms. The highest BCUT2D eigenvalue weighted by Crippen LogP contribution is 2.50. The van der Waals surface area contributed by atoms with Crippen LogP contribution in [-0.2, 0) is 0 Å². The van der Waals surface area contributed by atoms with Gasteiger partial charge in [-0.05, 0) is 6.07 Å². The number of hydrazine groups is 1. The normalized spacial score (nSPS) is 11.1. The van der Waals surface area contributed by atoms with Gasteiger partial charge in [-0.15, -0.1) is 0 Å². The first-order valence-electron chi connectivity index (χ1n) is 17.4. The van der Waals surface area contributed by atoms with Crippen LogP contribution < -0.4 is 5.01 Å². The Hall–Kier alpha value is -11.4. The van der Waals surface area contributed by atoms with E-state index in [-0.39, 0.29) is 33.0 Å². The first-order chi connectivity index (χ1) is 32.1. The number of hydrogen-bond acceptors (Lipinski definition) is 24. The number of hydrogen-bond donors (Lipinski definition) is 0. The van der Waals surface area contributed by atoms with E-state index in [9.17, 15) is 121 Å². The van der Waals surface area contributed by atoms with Gasteiger partial charge in [0, 0.05) is 58.1 Å². The smallest absolute Gasteiger partial charge is 0.289 e. The average Bonchev–Trinajstić information content (AvgIpc) is 3.73. The molecule has 0 saturated carbocycles. The van der Waals surface area contributed by atoms with Crippen molar-refractivity contribution < 1.29 is 63.9 Å². The van der Waals surface area contributed by atoms with Gasteiger partial charge in [0.05, 0.1) is 103 Å². The van der Waals surface area contributed by atoms with Crippen molar-refractivity contribution in [2.24, 2.45) is 0 Å². The van der Waals surface area contributed by atoms with Crippen LogP contribution >= 0.6 is 0 Å². The largest absolute Gasteiger partial charge is 0.312 e. The summed E-state index contributed by atoms with van der Waals surface area (Å²) in [6.45, 7) is 0. The quantitative estimate of drug-likeness (QED) is 0.0972. The van der Waals surface area contributed by atoms with E-state index in [0.29, 0.717) is 24.3 Å². The fourth-order valence-electron chi connectivity index (χ4n) is 6.66. The molecule has 36 heteroatoms. The fraction of sp³-hybridized carbons (Fsp3) is 0.0303. The van der Waals surface area contributed by atoms with Crippen LogP contribution in [-0.4, -0.2) is 72.9 Å². The van der Waals surface area contributed by atoms with Gasteiger partial charge in [0.15, 0.2) is 16.6 Å².